The first kappa shape index (κ1) is 12.7. The fraction of sp³-hybridized carbons (Fsp3) is 0.429. The van der Waals surface area contributed by atoms with Gasteiger partial charge in [0.15, 0.2) is 5.16 Å². The number of nitrogens with zero attached hydrogens (tertiary/aromatic N) is 3. The van der Waals surface area contributed by atoms with E-state index in [0.717, 1.165) is 30.5 Å². The van der Waals surface area contributed by atoms with E-state index >= 15 is 0 Å². The number of thioether (sulfide) groups is 1. The van der Waals surface area contributed by atoms with Gasteiger partial charge in [-0.15, -0.1) is 10.2 Å². The lowest BCUT2D eigenvalue weighted by molar-refractivity contribution is 0.0949. The van der Waals surface area contributed by atoms with Gasteiger partial charge in [-0.05, 0) is 18.4 Å². The zero-order valence-electron chi connectivity index (χ0n) is 10.7. The number of benzene rings is 1. The first-order chi connectivity index (χ1) is 9.42. The highest BCUT2D eigenvalue weighted by Gasteiger charge is 2.17. The molecular weight excluding hydrogens is 258 g/mol. The number of hydrogen-bond acceptors (Lipinski definition) is 4. The molecule has 1 unspecified atom stereocenters. The van der Waals surface area contributed by atoms with Crippen LogP contribution in [0, 0.1) is 0 Å². The van der Waals surface area contributed by atoms with Crippen molar-refractivity contribution in [3.05, 3.63) is 42.2 Å². The molecule has 0 saturated carbocycles. The van der Waals surface area contributed by atoms with Crippen LogP contribution in [0.2, 0.25) is 0 Å². The van der Waals surface area contributed by atoms with Gasteiger partial charge in [-0.3, -0.25) is 0 Å². The molecule has 100 valence electrons. The predicted molar refractivity (Wildman–Crippen MR) is 75.0 cm³/mol. The Balaban J connectivity index is 1.60. The van der Waals surface area contributed by atoms with Crippen molar-refractivity contribution in [2.45, 2.75) is 36.4 Å². The van der Waals surface area contributed by atoms with E-state index in [0.29, 0.717) is 6.10 Å². The number of aromatic nitrogens is 3. The van der Waals surface area contributed by atoms with E-state index in [1.807, 2.05) is 6.07 Å². The lowest BCUT2D eigenvalue weighted by Crippen LogP contribution is -2.15. The number of ether oxygens (including phenoxy) is 1. The Morgan fingerprint density at radius 1 is 1.32 bits per heavy atom. The molecular formula is C14H17N3OS. The first-order valence-corrected chi connectivity index (χ1v) is 7.56. The smallest absolute Gasteiger partial charge is 0.191 e. The Bertz CT molecular complexity index is 508. The molecule has 2 aromatic rings. The lowest BCUT2D eigenvalue weighted by Gasteiger charge is -2.11. The fourth-order valence-electron chi connectivity index (χ4n) is 2.21. The molecule has 0 radical (unpaired) electrons. The Hall–Kier alpha value is -1.33. The Morgan fingerprint density at radius 2 is 2.21 bits per heavy atom. The van der Waals surface area contributed by atoms with Crippen LogP contribution < -0.4 is 0 Å². The summed E-state index contributed by atoms with van der Waals surface area (Å²) >= 11 is 1.72. The standard InChI is InChI=1S/C14H17N3OS/c1-2-5-12(6-3-1)10-19-14-16-15-11-17(14)9-13-7-4-8-18-13/h1-3,5-6,11,13H,4,7-10H2. The number of hydrogen-bond donors (Lipinski definition) is 0. The average molecular weight is 275 g/mol. The molecule has 1 atom stereocenters. The minimum atomic E-state index is 0.326. The van der Waals surface area contributed by atoms with Crippen molar-refractivity contribution in [3.63, 3.8) is 0 Å². The van der Waals surface area contributed by atoms with E-state index in [1.54, 1.807) is 18.1 Å². The van der Waals surface area contributed by atoms with E-state index in [9.17, 15) is 0 Å². The predicted octanol–water partition coefficient (Wildman–Crippen LogP) is 2.75. The minimum Gasteiger partial charge on any atom is -0.376 e. The maximum Gasteiger partial charge on any atom is 0.191 e. The molecule has 1 aliphatic rings. The van der Waals surface area contributed by atoms with Crippen LogP contribution in [0.1, 0.15) is 18.4 Å². The highest BCUT2D eigenvalue weighted by Crippen LogP contribution is 2.22. The number of rotatable bonds is 5. The summed E-state index contributed by atoms with van der Waals surface area (Å²) in [5, 5.41) is 9.18. The van der Waals surface area contributed by atoms with Crippen molar-refractivity contribution in [1.29, 1.82) is 0 Å². The summed E-state index contributed by atoms with van der Waals surface area (Å²) in [7, 11) is 0. The molecule has 3 rings (SSSR count). The van der Waals surface area contributed by atoms with Gasteiger partial charge < -0.3 is 9.30 Å². The third-order valence-corrected chi connectivity index (χ3v) is 4.27. The van der Waals surface area contributed by atoms with Crippen LogP contribution in [-0.4, -0.2) is 27.5 Å². The van der Waals surface area contributed by atoms with Crippen LogP contribution in [-0.2, 0) is 17.0 Å². The van der Waals surface area contributed by atoms with E-state index in [2.05, 4.69) is 39.0 Å². The third-order valence-electron chi connectivity index (χ3n) is 3.22. The van der Waals surface area contributed by atoms with Crippen LogP contribution >= 0.6 is 11.8 Å². The Labute approximate surface area is 117 Å². The maximum absolute atomic E-state index is 5.66. The molecule has 1 fully saturated rings. The SMILES string of the molecule is c1ccc(CSc2nncn2CC2CCCO2)cc1. The van der Waals surface area contributed by atoms with E-state index in [-0.39, 0.29) is 0 Å². The largest absolute Gasteiger partial charge is 0.376 e. The molecule has 0 amide bonds. The average Bonchev–Trinajstić information content (AvgIpc) is 3.10. The first-order valence-electron chi connectivity index (χ1n) is 6.58. The molecule has 19 heavy (non-hydrogen) atoms. The summed E-state index contributed by atoms with van der Waals surface area (Å²) < 4.78 is 7.76. The van der Waals surface area contributed by atoms with Gasteiger partial charge in [-0.1, -0.05) is 42.1 Å². The topological polar surface area (TPSA) is 39.9 Å². The summed E-state index contributed by atoms with van der Waals surface area (Å²) in [5.74, 6) is 0.922. The van der Waals surface area contributed by atoms with Gasteiger partial charge in [0.05, 0.1) is 12.6 Å². The molecule has 1 aromatic heterocycles. The van der Waals surface area contributed by atoms with Crippen LogP contribution in [0.4, 0.5) is 0 Å². The third kappa shape index (κ3) is 3.36. The highest BCUT2D eigenvalue weighted by atomic mass is 32.2. The van der Waals surface area contributed by atoms with E-state index < -0.39 is 0 Å². The summed E-state index contributed by atoms with van der Waals surface area (Å²) in [6.45, 7) is 1.75. The molecule has 1 aliphatic heterocycles. The minimum absolute atomic E-state index is 0.326. The lowest BCUT2D eigenvalue weighted by atomic mass is 10.2. The second kappa shape index (κ2) is 6.21. The van der Waals surface area contributed by atoms with Gasteiger partial charge in [0.2, 0.25) is 0 Å². The van der Waals surface area contributed by atoms with E-state index in [1.165, 1.54) is 12.0 Å². The van der Waals surface area contributed by atoms with Crippen LogP contribution in [0.15, 0.2) is 41.8 Å². The van der Waals surface area contributed by atoms with Crippen molar-refractivity contribution in [3.8, 4) is 0 Å². The summed E-state index contributed by atoms with van der Waals surface area (Å²) in [5.41, 5.74) is 1.30. The van der Waals surface area contributed by atoms with Gasteiger partial charge in [0.25, 0.3) is 0 Å². The van der Waals surface area contributed by atoms with E-state index in [4.69, 9.17) is 4.74 Å². The zero-order chi connectivity index (χ0) is 12.9. The fourth-order valence-corrected chi connectivity index (χ4v) is 3.09. The van der Waals surface area contributed by atoms with Crippen molar-refractivity contribution in [2.75, 3.05) is 6.61 Å². The van der Waals surface area contributed by atoms with Crippen LogP contribution in [0.3, 0.4) is 0 Å². The van der Waals surface area contributed by atoms with Gasteiger partial charge in [-0.2, -0.15) is 0 Å². The van der Waals surface area contributed by atoms with Crippen molar-refractivity contribution < 1.29 is 4.74 Å². The zero-order valence-corrected chi connectivity index (χ0v) is 11.6. The highest BCUT2D eigenvalue weighted by molar-refractivity contribution is 7.98. The van der Waals surface area contributed by atoms with Gasteiger partial charge in [0.1, 0.15) is 6.33 Å². The summed E-state index contributed by atoms with van der Waals surface area (Å²) in [6, 6.07) is 10.4. The molecule has 0 spiro atoms. The Kier molecular flexibility index (Phi) is 4.15. The molecule has 2 heterocycles. The van der Waals surface area contributed by atoms with Crippen molar-refractivity contribution in [2.24, 2.45) is 0 Å². The molecule has 1 saturated heterocycles. The van der Waals surface area contributed by atoms with Crippen molar-refractivity contribution >= 4 is 11.8 Å². The van der Waals surface area contributed by atoms with Gasteiger partial charge in [-0.25, -0.2) is 0 Å². The molecule has 1 aromatic carbocycles. The summed E-state index contributed by atoms with van der Waals surface area (Å²) in [4.78, 5) is 0. The molecule has 0 aliphatic carbocycles. The van der Waals surface area contributed by atoms with Crippen LogP contribution in [0.5, 0.6) is 0 Å². The molecule has 0 bridgehead atoms. The monoisotopic (exact) mass is 275 g/mol. The second-order valence-corrected chi connectivity index (χ2v) is 5.62. The second-order valence-electron chi connectivity index (χ2n) is 4.68. The molecule has 0 N–H and O–H groups in total. The molecule has 5 heteroatoms. The maximum atomic E-state index is 5.66. The molecule has 4 nitrogen and oxygen atoms in total. The quantitative estimate of drug-likeness (QED) is 0.787. The summed E-state index contributed by atoms with van der Waals surface area (Å²) in [6.07, 6.45) is 4.43. The van der Waals surface area contributed by atoms with Crippen molar-refractivity contribution in [1.82, 2.24) is 14.8 Å². The normalized spacial score (nSPS) is 18.8. The Morgan fingerprint density at radius 3 is 3.00 bits per heavy atom. The van der Waals surface area contributed by atoms with Gasteiger partial charge >= 0.3 is 0 Å². The van der Waals surface area contributed by atoms with Crippen LogP contribution in [0.25, 0.3) is 0 Å². The van der Waals surface area contributed by atoms with Gasteiger partial charge in [0, 0.05) is 12.4 Å².